The summed E-state index contributed by atoms with van der Waals surface area (Å²) in [6.45, 7) is 0. The van der Waals surface area contributed by atoms with Crippen molar-refractivity contribution in [2.45, 2.75) is 19.3 Å². The minimum Gasteiger partial charge on any atom is -0.227 e. The molecule has 1 unspecified atom stereocenters. The van der Waals surface area contributed by atoms with Crippen molar-refractivity contribution in [3.8, 4) is 0 Å². The van der Waals surface area contributed by atoms with Gasteiger partial charge in [0.15, 0.2) is 0 Å². The van der Waals surface area contributed by atoms with Gasteiger partial charge in [-0.3, -0.25) is 0 Å². The molecule has 0 nitrogen and oxygen atoms in total. The molecule has 2 rings (SSSR count). The molecule has 10 heavy (non-hydrogen) atoms. The second-order valence-electron chi connectivity index (χ2n) is 2.81. The smallest absolute Gasteiger partial charge is 0 e. The zero-order valence-corrected chi connectivity index (χ0v) is 7.57. The summed E-state index contributed by atoms with van der Waals surface area (Å²) in [4.78, 5) is 0. The van der Waals surface area contributed by atoms with Crippen LogP contribution in [0.15, 0.2) is 23.8 Å². The van der Waals surface area contributed by atoms with E-state index in [-0.39, 0.29) is 21.7 Å². The average molecular weight is 167 g/mol. The molecule has 0 aromatic rings. The van der Waals surface area contributed by atoms with E-state index in [9.17, 15) is 0 Å². The molecule has 0 amide bonds. The van der Waals surface area contributed by atoms with Crippen LogP contribution in [0.2, 0.25) is 0 Å². The molecule has 1 fully saturated rings. The molecule has 0 N–H and O–H groups in total. The summed E-state index contributed by atoms with van der Waals surface area (Å²) in [5.74, 6) is 0.884. The zero-order valence-electron chi connectivity index (χ0n) is 6.01. The first-order valence-electron chi connectivity index (χ1n) is 3.67. The first kappa shape index (κ1) is 8.16. The van der Waals surface area contributed by atoms with Crippen molar-refractivity contribution in [1.29, 1.82) is 0 Å². The molecular formula is C9H11Ti-. The summed E-state index contributed by atoms with van der Waals surface area (Å²) in [7, 11) is 0. The third-order valence-electron chi connectivity index (χ3n) is 2.21. The van der Waals surface area contributed by atoms with Crippen LogP contribution in [0, 0.1) is 12.3 Å². The van der Waals surface area contributed by atoms with E-state index >= 15 is 0 Å². The summed E-state index contributed by atoms with van der Waals surface area (Å²) in [5.41, 5.74) is 1.58. The Morgan fingerprint density at radius 1 is 1.50 bits per heavy atom. The number of hydrogen-bond acceptors (Lipinski definition) is 0. The maximum Gasteiger partial charge on any atom is 0 e. The van der Waals surface area contributed by atoms with Gasteiger partial charge in [-0.2, -0.15) is 0 Å². The van der Waals surface area contributed by atoms with E-state index in [1.807, 2.05) is 0 Å². The molecule has 1 heteroatoms. The Hall–Kier alpha value is 0.0643. The summed E-state index contributed by atoms with van der Waals surface area (Å²) in [6, 6.07) is 0. The minimum absolute atomic E-state index is 0. The van der Waals surface area contributed by atoms with E-state index in [4.69, 9.17) is 0 Å². The molecule has 2 aliphatic rings. The van der Waals surface area contributed by atoms with Crippen molar-refractivity contribution >= 4 is 0 Å². The zero-order chi connectivity index (χ0) is 6.10. The van der Waals surface area contributed by atoms with Crippen molar-refractivity contribution < 1.29 is 21.7 Å². The quantitative estimate of drug-likeness (QED) is 0.384. The van der Waals surface area contributed by atoms with Crippen LogP contribution >= 0.6 is 0 Å². The number of fused-ring (bicyclic) bond motifs is 1. The molecular weight excluding hydrogens is 156 g/mol. The predicted molar refractivity (Wildman–Crippen MR) is 38.9 cm³/mol. The molecule has 0 heterocycles. The van der Waals surface area contributed by atoms with Crippen LogP contribution < -0.4 is 0 Å². The fourth-order valence-electron chi connectivity index (χ4n) is 1.66. The molecule has 0 radical (unpaired) electrons. The molecule has 0 aromatic heterocycles. The van der Waals surface area contributed by atoms with Crippen LogP contribution in [0.5, 0.6) is 0 Å². The van der Waals surface area contributed by atoms with Crippen LogP contribution in [0.1, 0.15) is 19.3 Å². The standard InChI is InChI=1S/C9H11.Ti/c1-2-5-9-7-3-6-8(9)4-1;/h1-2,4,6,9H,3,5,7H2;/q-1;. The Bertz CT molecular complexity index is 168. The summed E-state index contributed by atoms with van der Waals surface area (Å²) < 4.78 is 0. The van der Waals surface area contributed by atoms with Gasteiger partial charge in [-0.1, -0.05) is 6.42 Å². The fourth-order valence-corrected chi connectivity index (χ4v) is 1.66. The molecule has 0 aliphatic heterocycles. The minimum atomic E-state index is 0. The van der Waals surface area contributed by atoms with E-state index in [2.05, 4.69) is 24.6 Å². The molecule has 1 saturated carbocycles. The Morgan fingerprint density at radius 3 is 3.20 bits per heavy atom. The number of hydrogen-bond donors (Lipinski definition) is 0. The molecule has 0 spiro atoms. The van der Waals surface area contributed by atoms with E-state index in [1.165, 1.54) is 19.3 Å². The van der Waals surface area contributed by atoms with Crippen LogP contribution in [0.25, 0.3) is 0 Å². The average Bonchev–Trinajstić information content (AvgIpc) is 2.33. The van der Waals surface area contributed by atoms with Gasteiger partial charge in [0.1, 0.15) is 0 Å². The van der Waals surface area contributed by atoms with E-state index in [0.717, 1.165) is 5.92 Å². The van der Waals surface area contributed by atoms with Gasteiger partial charge in [-0.15, -0.1) is 18.6 Å². The molecule has 2 aliphatic carbocycles. The maximum atomic E-state index is 2.37. The number of rotatable bonds is 0. The van der Waals surface area contributed by atoms with Gasteiger partial charge in [-0.05, 0) is 12.3 Å². The normalized spacial score (nSPS) is 28.0. The van der Waals surface area contributed by atoms with Gasteiger partial charge in [0, 0.05) is 21.7 Å². The largest absolute Gasteiger partial charge is 0.227 e. The van der Waals surface area contributed by atoms with Crippen molar-refractivity contribution in [1.82, 2.24) is 0 Å². The Balaban J connectivity index is 0.000000500. The SMILES string of the molecule is C1=CCC2CC[CH-]C2=C1.[Ti]. The Morgan fingerprint density at radius 2 is 2.40 bits per heavy atom. The summed E-state index contributed by atoms with van der Waals surface area (Å²) in [5, 5.41) is 0. The predicted octanol–water partition coefficient (Wildman–Crippen LogP) is 2.48. The van der Waals surface area contributed by atoms with Crippen LogP contribution in [0.3, 0.4) is 0 Å². The van der Waals surface area contributed by atoms with E-state index < -0.39 is 0 Å². The summed E-state index contributed by atoms with van der Waals surface area (Å²) in [6.07, 6.45) is 13.0. The molecule has 1 atom stereocenters. The van der Waals surface area contributed by atoms with Crippen molar-refractivity contribution in [3.05, 3.63) is 30.2 Å². The maximum absolute atomic E-state index is 2.37. The third-order valence-corrected chi connectivity index (χ3v) is 2.21. The van der Waals surface area contributed by atoms with Crippen LogP contribution in [-0.2, 0) is 21.7 Å². The van der Waals surface area contributed by atoms with Gasteiger partial charge >= 0.3 is 0 Å². The third kappa shape index (κ3) is 1.38. The monoisotopic (exact) mass is 167 g/mol. The van der Waals surface area contributed by atoms with Gasteiger partial charge in [0.05, 0.1) is 0 Å². The second-order valence-corrected chi connectivity index (χ2v) is 2.81. The Labute approximate surface area is 77.3 Å². The first-order chi connectivity index (χ1) is 4.47. The van der Waals surface area contributed by atoms with Crippen molar-refractivity contribution in [2.24, 2.45) is 5.92 Å². The number of allylic oxidation sites excluding steroid dienone is 4. The second kappa shape index (κ2) is 3.45. The van der Waals surface area contributed by atoms with Gasteiger partial charge < -0.3 is 0 Å². The molecule has 0 bridgehead atoms. The topological polar surface area (TPSA) is 0 Å². The van der Waals surface area contributed by atoms with E-state index in [0.29, 0.717) is 0 Å². The molecule has 52 valence electrons. The van der Waals surface area contributed by atoms with Gasteiger partial charge in [0.25, 0.3) is 0 Å². The Kier molecular flexibility index (Phi) is 2.82. The fraction of sp³-hybridized carbons (Fsp3) is 0.444. The van der Waals surface area contributed by atoms with Crippen LogP contribution in [0.4, 0.5) is 0 Å². The summed E-state index contributed by atoms with van der Waals surface area (Å²) >= 11 is 0. The van der Waals surface area contributed by atoms with E-state index in [1.54, 1.807) is 5.57 Å². The first-order valence-corrected chi connectivity index (χ1v) is 3.67. The van der Waals surface area contributed by atoms with Gasteiger partial charge in [0.2, 0.25) is 0 Å². The van der Waals surface area contributed by atoms with Gasteiger partial charge in [-0.25, -0.2) is 18.1 Å². The van der Waals surface area contributed by atoms with Crippen molar-refractivity contribution in [3.63, 3.8) is 0 Å². The van der Waals surface area contributed by atoms with Crippen molar-refractivity contribution in [2.75, 3.05) is 0 Å². The molecule has 0 saturated heterocycles. The van der Waals surface area contributed by atoms with Crippen LogP contribution in [-0.4, -0.2) is 0 Å². The molecule has 0 aromatic carbocycles.